The van der Waals surface area contributed by atoms with Crippen LogP contribution in [0.25, 0.3) is 17.2 Å². The average Bonchev–Trinajstić information content (AvgIpc) is 2.82. The highest BCUT2D eigenvalue weighted by Gasteiger charge is 2.14. The quantitative estimate of drug-likeness (QED) is 0.455. The largest absolute Gasteiger partial charge is 0.378 e. The van der Waals surface area contributed by atoms with Crippen LogP contribution < -0.4 is 4.90 Å². The highest BCUT2D eigenvalue weighted by Crippen LogP contribution is 2.33. The molecular formula is C28H29NO. The summed E-state index contributed by atoms with van der Waals surface area (Å²) < 4.78 is 5.49. The summed E-state index contributed by atoms with van der Waals surface area (Å²) in [6.07, 6.45) is 4.21. The molecule has 152 valence electrons. The molecule has 0 N–H and O–H groups in total. The van der Waals surface area contributed by atoms with E-state index in [1.807, 2.05) is 0 Å². The molecule has 0 radical (unpaired) electrons. The molecule has 1 heterocycles. The van der Waals surface area contributed by atoms with E-state index in [0.29, 0.717) is 0 Å². The normalized spacial score (nSPS) is 15.3. The van der Waals surface area contributed by atoms with Crippen molar-refractivity contribution in [2.75, 3.05) is 31.2 Å². The average molecular weight is 396 g/mol. The summed E-state index contributed by atoms with van der Waals surface area (Å²) in [6.45, 7) is 7.79. The summed E-state index contributed by atoms with van der Waals surface area (Å²) in [5.41, 5.74) is 8.79. The molecule has 3 aromatic carbocycles. The Bertz CT molecular complexity index is 1010. The Labute approximate surface area is 180 Å². The first-order valence-corrected chi connectivity index (χ1v) is 10.7. The molecule has 2 nitrogen and oxygen atoms in total. The lowest BCUT2D eigenvalue weighted by Gasteiger charge is -2.29. The van der Waals surface area contributed by atoms with Crippen molar-refractivity contribution < 1.29 is 4.74 Å². The Kier molecular flexibility index (Phi) is 6.46. The fourth-order valence-corrected chi connectivity index (χ4v) is 4.05. The van der Waals surface area contributed by atoms with E-state index in [0.717, 1.165) is 26.3 Å². The molecule has 0 saturated carbocycles. The SMILES string of the molecule is C/C=C/c1ccc(/C(=C(/C)c2ccccc2)c2ccc(N3CCOCC3)cc2)cc1. The standard InChI is InChI=1S/C28H29NO/c1-3-7-23-10-12-25(13-11-23)28(22(2)24-8-5-4-6-9-24)26-14-16-27(17-15-26)29-18-20-30-21-19-29/h3-17H,18-21H2,1-2H3/b7-3+,28-22+. The summed E-state index contributed by atoms with van der Waals surface area (Å²) in [5, 5.41) is 0. The van der Waals surface area contributed by atoms with Crippen molar-refractivity contribution in [3.05, 3.63) is 107 Å². The second kappa shape index (κ2) is 9.60. The van der Waals surface area contributed by atoms with Gasteiger partial charge in [-0.3, -0.25) is 0 Å². The number of ether oxygens (including phenoxy) is 1. The van der Waals surface area contributed by atoms with E-state index in [-0.39, 0.29) is 0 Å². The second-order valence-corrected chi connectivity index (χ2v) is 7.63. The number of morpholine rings is 1. The number of nitrogens with zero attached hydrogens (tertiary/aromatic N) is 1. The molecule has 1 aliphatic heterocycles. The van der Waals surface area contributed by atoms with E-state index in [2.05, 4.69) is 110 Å². The number of hydrogen-bond acceptors (Lipinski definition) is 2. The molecule has 3 aromatic rings. The van der Waals surface area contributed by atoms with Crippen molar-refractivity contribution >= 4 is 22.9 Å². The molecule has 0 atom stereocenters. The van der Waals surface area contributed by atoms with Crippen LogP contribution in [0, 0.1) is 0 Å². The maximum absolute atomic E-state index is 5.49. The van der Waals surface area contributed by atoms with E-state index in [1.165, 1.54) is 39.1 Å². The molecule has 0 amide bonds. The smallest absolute Gasteiger partial charge is 0.0642 e. The predicted molar refractivity (Wildman–Crippen MR) is 129 cm³/mol. The third-order valence-corrected chi connectivity index (χ3v) is 5.67. The van der Waals surface area contributed by atoms with Crippen LogP contribution in [0.4, 0.5) is 5.69 Å². The first-order valence-electron chi connectivity index (χ1n) is 10.7. The zero-order valence-electron chi connectivity index (χ0n) is 17.8. The van der Waals surface area contributed by atoms with Gasteiger partial charge in [0.15, 0.2) is 0 Å². The Hall–Kier alpha value is -3.10. The lowest BCUT2D eigenvalue weighted by molar-refractivity contribution is 0.122. The van der Waals surface area contributed by atoms with Gasteiger partial charge in [-0.1, -0.05) is 78.9 Å². The zero-order chi connectivity index (χ0) is 20.8. The fourth-order valence-electron chi connectivity index (χ4n) is 4.05. The fraction of sp³-hybridized carbons (Fsp3) is 0.214. The lowest BCUT2D eigenvalue weighted by atomic mass is 9.90. The summed E-state index contributed by atoms with van der Waals surface area (Å²) in [6, 6.07) is 28.5. The van der Waals surface area contributed by atoms with Crippen molar-refractivity contribution in [2.45, 2.75) is 13.8 Å². The van der Waals surface area contributed by atoms with Gasteiger partial charge in [0.25, 0.3) is 0 Å². The molecular weight excluding hydrogens is 366 g/mol. The molecule has 0 spiro atoms. The number of rotatable bonds is 5. The van der Waals surface area contributed by atoms with E-state index < -0.39 is 0 Å². The summed E-state index contributed by atoms with van der Waals surface area (Å²) in [5.74, 6) is 0. The zero-order valence-corrected chi connectivity index (χ0v) is 17.8. The number of hydrogen-bond donors (Lipinski definition) is 0. The minimum atomic E-state index is 0.804. The van der Waals surface area contributed by atoms with Crippen molar-refractivity contribution in [1.82, 2.24) is 0 Å². The van der Waals surface area contributed by atoms with Gasteiger partial charge in [-0.05, 0) is 59.4 Å². The topological polar surface area (TPSA) is 12.5 Å². The molecule has 2 heteroatoms. The highest BCUT2D eigenvalue weighted by molar-refractivity contribution is 5.98. The van der Waals surface area contributed by atoms with E-state index in [1.54, 1.807) is 0 Å². The van der Waals surface area contributed by atoms with Gasteiger partial charge in [0.2, 0.25) is 0 Å². The maximum Gasteiger partial charge on any atom is 0.0642 e. The van der Waals surface area contributed by atoms with Gasteiger partial charge in [-0.25, -0.2) is 0 Å². The molecule has 4 rings (SSSR count). The van der Waals surface area contributed by atoms with Crippen LogP contribution in [0.3, 0.4) is 0 Å². The highest BCUT2D eigenvalue weighted by atomic mass is 16.5. The minimum absolute atomic E-state index is 0.804. The molecule has 1 saturated heterocycles. The first kappa shape index (κ1) is 20.2. The van der Waals surface area contributed by atoms with Crippen molar-refractivity contribution in [1.29, 1.82) is 0 Å². The van der Waals surface area contributed by atoms with Crippen LogP contribution >= 0.6 is 0 Å². The molecule has 0 unspecified atom stereocenters. The summed E-state index contributed by atoms with van der Waals surface area (Å²) in [4.78, 5) is 2.40. The number of anilines is 1. The lowest BCUT2D eigenvalue weighted by Crippen LogP contribution is -2.36. The van der Waals surface area contributed by atoms with E-state index >= 15 is 0 Å². The minimum Gasteiger partial charge on any atom is -0.378 e. The maximum atomic E-state index is 5.49. The Morgan fingerprint density at radius 1 is 0.767 bits per heavy atom. The van der Waals surface area contributed by atoms with Crippen LogP contribution in [0.1, 0.15) is 36.1 Å². The summed E-state index contributed by atoms with van der Waals surface area (Å²) in [7, 11) is 0. The van der Waals surface area contributed by atoms with Crippen LogP contribution in [-0.2, 0) is 4.74 Å². The molecule has 1 fully saturated rings. The molecule has 30 heavy (non-hydrogen) atoms. The van der Waals surface area contributed by atoms with Gasteiger partial charge in [0.05, 0.1) is 13.2 Å². The first-order chi connectivity index (χ1) is 14.8. The molecule has 0 bridgehead atoms. The number of allylic oxidation sites excluding steroid dienone is 2. The Balaban J connectivity index is 1.75. The van der Waals surface area contributed by atoms with Crippen molar-refractivity contribution in [3.8, 4) is 0 Å². The van der Waals surface area contributed by atoms with E-state index in [9.17, 15) is 0 Å². The summed E-state index contributed by atoms with van der Waals surface area (Å²) >= 11 is 0. The second-order valence-electron chi connectivity index (χ2n) is 7.63. The van der Waals surface area contributed by atoms with Gasteiger partial charge in [-0.15, -0.1) is 0 Å². The van der Waals surface area contributed by atoms with Crippen LogP contribution in [0.2, 0.25) is 0 Å². The molecule has 0 aromatic heterocycles. The van der Waals surface area contributed by atoms with Crippen molar-refractivity contribution in [3.63, 3.8) is 0 Å². The van der Waals surface area contributed by atoms with Gasteiger partial charge < -0.3 is 9.64 Å². The van der Waals surface area contributed by atoms with E-state index in [4.69, 9.17) is 4.74 Å². The Morgan fingerprint density at radius 3 is 1.97 bits per heavy atom. The third-order valence-electron chi connectivity index (χ3n) is 5.67. The Morgan fingerprint density at radius 2 is 1.37 bits per heavy atom. The van der Waals surface area contributed by atoms with Crippen LogP contribution in [0.15, 0.2) is 84.9 Å². The van der Waals surface area contributed by atoms with Crippen LogP contribution in [-0.4, -0.2) is 26.3 Å². The number of benzene rings is 3. The third kappa shape index (κ3) is 4.55. The van der Waals surface area contributed by atoms with Gasteiger partial charge >= 0.3 is 0 Å². The van der Waals surface area contributed by atoms with Gasteiger partial charge in [-0.2, -0.15) is 0 Å². The monoisotopic (exact) mass is 395 g/mol. The molecule has 0 aliphatic carbocycles. The van der Waals surface area contributed by atoms with Crippen LogP contribution in [0.5, 0.6) is 0 Å². The predicted octanol–water partition coefficient (Wildman–Crippen LogP) is 6.54. The van der Waals surface area contributed by atoms with Gasteiger partial charge in [0, 0.05) is 18.8 Å². The van der Waals surface area contributed by atoms with Crippen molar-refractivity contribution in [2.24, 2.45) is 0 Å². The molecule has 1 aliphatic rings. The van der Waals surface area contributed by atoms with Gasteiger partial charge in [0.1, 0.15) is 0 Å².